The molecule has 0 atom stereocenters. The molecule has 0 spiro atoms. The molecule has 0 radical (unpaired) electrons. The fraction of sp³-hybridized carbons (Fsp3) is 0.143. The normalized spacial score (nSPS) is 15.6. The molecule has 3 aromatic rings. The number of aliphatic imine (C=N–C) groups is 1. The maximum Gasteiger partial charge on any atom is 0.344 e. The quantitative estimate of drug-likeness (QED) is 0.365. The fourth-order valence-corrected chi connectivity index (χ4v) is 4.37. The number of ether oxygens (including phenoxy) is 2. The third kappa shape index (κ3) is 6.19. The number of thioether (sulfide) groups is 1. The lowest BCUT2D eigenvalue weighted by molar-refractivity contribution is -0.138. The first-order valence-electron chi connectivity index (χ1n) is 11.1. The van der Waals surface area contributed by atoms with Crippen molar-refractivity contribution in [3.63, 3.8) is 0 Å². The van der Waals surface area contributed by atoms with Crippen LogP contribution in [0.5, 0.6) is 5.75 Å². The van der Waals surface area contributed by atoms with Gasteiger partial charge in [0.15, 0.2) is 0 Å². The Labute approximate surface area is 207 Å². The average Bonchev–Trinajstić information content (AvgIpc) is 3.14. The molecule has 0 aliphatic carbocycles. The maximum absolute atomic E-state index is 13.3. The van der Waals surface area contributed by atoms with Crippen molar-refractivity contribution >= 4 is 34.5 Å². The number of carbonyl (C=O) groups is 1. The van der Waals surface area contributed by atoms with Crippen LogP contribution in [0.2, 0.25) is 0 Å². The summed E-state index contributed by atoms with van der Waals surface area (Å²) < 4.78 is 24.2. The second-order valence-electron chi connectivity index (χ2n) is 7.79. The lowest BCUT2D eigenvalue weighted by atomic mass is 10.1. The van der Waals surface area contributed by atoms with Crippen LogP contribution in [0.15, 0.2) is 94.0 Å². The fourth-order valence-electron chi connectivity index (χ4n) is 3.33. The van der Waals surface area contributed by atoms with Crippen LogP contribution in [-0.2, 0) is 16.1 Å². The van der Waals surface area contributed by atoms with Gasteiger partial charge in [0.2, 0.25) is 0 Å². The molecule has 178 valence electrons. The summed E-state index contributed by atoms with van der Waals surface area (Å²) in [5, 5.41) is 11.2. The monoisotopic (exact) mass is 489 g/mol. The van der Waals surface area contributed by atoms with Gasteiger partial charge in [-0.25, -0.2) is 14.2 Å². The third-order valence-corrected chi connectivity index (χ3v) is 6.13. The summed E-state index contributed by atoms with van der Waals surface area (Å²) in [7, 11) is 0. The highest BCUT2D eigenvalue weighted by Crippen LogP contribution is 2.40. The maximum atomic E-state index is 13.3. The molecule has 0 aromatic heterocycles. The molecule has 7 heteroatoms. The Bertz CT molecular complexity index is 1310. The summed E-state index contributed by atoms with van der Waals surface area (Å²) >= 11 is 1.21. The summed E-state index contributed by atoms with van der Waals surface area (Å²) in [4.78, 5) is 17.6. The zero-order valence-electron chi connectivity index (χ0n) is 19.3. The molecule has 1 aliphatic heterocycles. The van der Waals surface area contributed by atoms with E-state index in [0.29, 0.717) is 21.4 Å². The van der Waals surface area contributed by atoms with Crippen molar-refractivity contribution in [3.05, 3.63) is 112 Å². The van der Waals surface area contributed by atoms with E-state index in [0.717, 1.165) is 16.7 Å². The van der Waals surface area contributed by atoms with Crippen molar-refractivity contribution in [2.75, 3.05) is 6.61 Å². The first-order chi connectivity index (χ1) is 16.9. The van der Waals surface area contributed by atoms with Crippen LogP contribution in [0.4, 0.5) is 10.1 Å². The molecular formula is C28H24FNO4S. The van der Waals surface area contributed by atoms with Gasteiger partial charge in [0.05, 0.1) is 17.2 Å². The Morgan fingerprint density at radius 2 is 1.83 bits per heavy atom. The molecule has 1 N–H and O–H groups in total. The van der Waals surface area contributed by atoms with Gasteiger partial charge >= 0.3 is 5.97 Å². The van der Waals surface area contributed by atoms with Gasteiger partial charge in [-0.2, -0.15) is 0 Å². The zero-order valence-corrected chi connectivity index (χ0v) is 20.1. The van der Waals surface area contributed by atoms with Crippen LogP contribution in [0, 0.1) is 12.7 Å². The first kappa shape index (κ1) is 24.3. The van der Waals surface area contributed by atoms with E-state index in [4.69, 9.17) is 9.47 Å². The molecule has 1 aliphatic rings. The number of nitrogens with zero attached hydrogens (tertiary/aromatic N) is 1. The van der Waals surface area contributed by atoms with Gasteiger partial charge < -0.3 is 14.6 Å². The summed E-state index contributed by atoms with van der Waals surface area (Å²) in [5.74, 6) is -0.454. The van der Waals surface area contributed by atoms with E-state index in [9.17, 15) is 14.3 Å². The van der Waals surface area contributed by atoms with Crippen LogP contribution < -0.4 is 4.74 Å². The van der Waals surface area contributed by atoms with Gasteiger partial charge in [0, 0.05) is 0 Å². The van der Waals surface area contributed by atoms with E-state index in [1.807, 2.05) is 43.3 Å². The number of aryl methyl sites for hydroxylation is 1. The predicted molar refractivity (Wildman–Crippen MR) is 137 cm³/mol. The van der Waals surface area contributed by atoms with E-state index in [-0.39, 0.29) is 30.4 Å². The highest BCUT2D eigenvalue weighted by atomic mass is 32.2. The zero-order chi connectivity index (χ0) is 24.8. The van der Waals surface area contributed by atoms with Crippen molar-refractivity contribution in [1.82, 2.24) is 0 Å². The van der Waals surface area contributed by atoms with Crippen LogP contribution in [0.25, 0.3) is 6.08 Å². The van der Waals surface area contributed by atoms with E-state index < -0.39 is 5.97 Å². The van der Waals surface area contributed by atoms with Crippen LogP contribution in [0.3, 0.4) is 0 Å². The molecule has 3 aromatic carbocycles. The van der Waals surface area contributed by atoms with Crippen LogP contribution in [0.1, 0.15) is 23.6 Å². The number of carbonyl (C=O) groups excluding carboxylic acids is 1. The number of esters is 1. The number of hydrogen-bond acceptors (Lipinski definition) is 6. The van der Waals surface area contributed by atoms with Crippen molar-refractivity contribution in [1.29, 1.82) is 0 Å². The Morgan fingerprint density at radius 1 is 1.09 bits per heavy atom. The number of hydrogen-bond donors (Lipinski definition) is 1. The molecule has 0 bridgehead atoms. The van der Waals surface area contributed by atoms with Gasteiger partial charge in [-0.05, 0) is 67.4 Å². The molecule has 35 heavy (non-hydrogen) atoms. The van der Waals surface area contributed by atoms with Crippen molar-refractivity contribution in [3.8, 4) is 5.75 Å². The number of aliphatic hydroxyl groups excluding tert-OH is 1. The Kier molecular flexibility index (Phi) is 7.67. The molecular weight excluding hydrogens is 465 g/mol. The molecule has 0 saturated heterocycles. The Balaban J connectivity index is 1.55. The van der Waals surface area contributed by atoms with Crippen molar-refractivity contribution in [2.45, 2.75) is 20.5 Å². The summed E-state index contributed by atoms with van der Waals surface area (Å²) in [6.07, 6.45) is 1.77. The van der Waals surface area contributed by atoms with E-state index in [1.165, 1.54) is 23.9 Å². The molecule has 0 unspecified atom stereocenters. The molecule has 5 nitrogen and oxygen atoms in total. The summed E-state index contributed by atoms with van der Waals surface area (Å²) in [6.45, 7) is 4.13. The minimum Gasteiger partial charge on any atom is -0.506 e. The minimum atomic E-state index is -0.618. The van der Waals surface area contributed by atoms with Gasteiger partial charge in [0.25, 0.3) is 0 Å². The number of aliphatic hydroxyl groups is 1. The van der Waals surface area contributed by atoms with Crippen molar-refractivity contribution in [2.24, 2.45) is 4.99 Å². The molecule has 0 fully saturated rings. The largest absolute Gasteiger partial charge is 0.506 e. The average molecular weight is 490 g/mol. The second kappa shape index (κ2) is 11.1. The van der Waals surface area contributed by atoms with Gasteiger partial charge in [-0.1, -0.05) is 53.7 Å². The lowest BCUT2D eigenvalue weighted by Crippen LogP contribution is -2.12. The standard InChI is InChI=1S/C28H24FNO4S/c1-3-33-28(32)25-26(31)24(35-27(25)30-22-11-7-18(2)8-12-22)16-19-9-13-23(14-10-19)34-17-20-5-4-6-21(29)15-20/h4-16,31H,3,17H2,1-2H3/b24-16+,30-27?. The number of rotatable bonds is 7. The summed E-state index contributed by atoms with van der Waals surface area (Å²) in [5.41, 5.74) is 3.37. The second-order valence-corrected chi connectivity index (χ2v) is 8.83. The van der Waals surface area contributed by atoms with Crippen LogP contribution >= 0.6 is 11.8 Å². The van der Waals surface area contributed by atoms with Gasteiger partial charge in [0.1, 0.15) is 34.5 Å². The Morgan fingerprint density at radius 3 is 2.51 bits per heavy atom. The molecule has 0 amide bonds. The van der Waals surface area contributed by atoms with Crippen molar-refractivity contribution < 1.29 is 23.8 Å². The molecule has 4 rings (SSSR count). The third-order valence-electron chi connectivity index (χ3n) is 5.11. The minimum absolute atomic E-state index is 0.0544. The SMILES string of the molecule is CCOC(=O)C1=C(O)/C(=C\c2ccc(OCc3cccc(F)c3)cc2)SC1=Nc1ccc(C)cc1. The predicted octanol–water partition coefficient (Wildman–Crippen LogP) is 6.91. The van der Waals surface area contributed by atoms with E-state index >= 15 is 0 Å². The van der Waals surface area contributed by atoms with E-state index in [1.54, 1.807) is 37.3 Å². The molecule has 1 heterocycles. The molecule has 0 saturated carbocycles. The van der Waals surface area contributed by atoms with Gasteiger partial charge in [-0.15, -0.1) is 0 Å². The summed E-state index contributed by atoms with van der Waals surface area (Å²) in [6, 6.07) is 21.1. The van der Waals surface area contributed by atoms with Crippen LogP contribution in [-0.4, -0.2) is 22.7 Å². The number of halogens is 1. The Hall–Kier alpha value is -3.84. The highest BCUT2D eigenvalue weighted by Gasteiger charge is 2.33. The van der Waals surface area contributed by atoms with Gasteiger partial charge in [-0.3, -0.25) is 0 Å². The van der Waals surface area contributed by atoms with E-state index in [2.05, 4.69) is 4.99 Å². The number of benzene rings is 3. The first-order valence-corrected chi connectivity index (χ1v) is 11.9. The highest BCUT2D eigenvalue weighted by molar-refractivity contribution is 8.18. The smallest absolute Gasteiger partial charge is 0.344 e. The topological polar surface area (TPSA) is 68.1 Å². The lowest BCUT2D eigenvalue weighted by Gasteiger charge is -2.07.